The summed E-state index contributed by atoms with van der Waals surface area (Å²) in [6, 6.07) is 14.8. The van der Waals surface area contributed by atoms with Crippen molar-refractivity contribution in [3.8, 4) is 5.75 Å². The Hall–Kier alpha value is -2.34. The third-order valence-electron chi connectivity index (χ3n) is 4.94. The van der Waals surface area contributed by atoms with E-state index in [4.69, 9.17) is 4.74 Å². The molecule has 1 unspecified atom stereocenters. The number of ether oxygens (including phenoxy) is 1. The van der Waals surface area contributed by atoms with Crippen molar-refractivity contribution in [3.63, 3.8) is 0 Å². The summed E-state index contributed by atoms with van der Waals surface area (Å²) in [6.45, 7) is 5.02. The molecular formula is C22H27NO4S. The van der Waals surface area contributed by atoms with Crippen LogP contribution in [0.4, 0.5) is 0 Å². The van der Waals surface area contributed by atoms with Crippen LogP contribution in [-0.2, 0) is 16.4 Å². The van der Waals surface area contributed by atoms with Crippen LogP contribution in [-0.4, -0.2) is 43.4 Å². The standard InChI is InChI=1S/C22H27NO4S/c1-3-12-27-21-6-4-5-19(14-21)22(24)23(20-11-13-28(25,26)16-20)15-18-9-7-17(2)8-10-18/h4-10,14,20H,3,11-13,15-16H2,1-2H3. The predicted octanol–water partition coefficient (Wildman–Crippen LogP) is 3.61. The van der Waals surface area contributed by atoms with Crippen molar-refractivity contribution in [2.75, 3.05) is 18.1 Å². The molecule has 150 valence electrons. The van der Waals surface area contributed by atoms with E-state index in [-0.39, 0.29) is 23.5 Å². The summed E-state index contributed by atoms with van der Waals surface area (Å²) < 4.78 is 29.7. The molecule has 0 aliphatic carbocycles. The molecule has 1 atom stereocenters. The summed E-state index contributed by atoms with van der Waals surface area (Å²) in [5.74, 6) is 0.651. The molecule has 5 nitrogen and oxygen atoms in total. The Morgan fingerprint density at radius 2 is 1.93 bits per heavy atom. The second-order valence-corrected chi connectivity index (χ2v) is 9.58. The fraction of sp³-hybridized carbons (Fsp3) is 0.409. The molecule has 28 heavy (non-hydrogen) atoms. The zero-order valence-corrected chi connectivity index (χ0v) is 17.2. The number of carbonyl (C=O) groups excluding carboxylic acids is 1. The Balaban J connectivity index is 1.87. The third-order valence-corrected chi connectivity index (χ3v) is 6.69. The lowest BCUT2D eigenvalue weighted by Crippen LogP contribution is -2.40. The molecule has 0 N–H and O–H groups in total. The highest BCUT2D eigenvalue weighted by molar-refractivity contribution is 7.91. The quantitative estimate of drug-likeness (QED) is 0.711. The highest BCUT2D eigenvalue weighted by Gasteiger charge is 2.35. The first kappa shape index (κ1) is 20.4. The number of sulfone groups is 1. The van der Waals surface area contributed by atoms with E-state index in [2.05, 4.69) is 0 Å². The molecule has 1 fully saturated rings. The molecule has 1 saturated heterocycles. The van der Waals surface area contributed by atoms with Crippen LogP contribution in [0.3, 0.4) is 0 Å². The number of amides is 1. The fourth-order valence-electron chi connectivity index (χ4n) is 3.38. The zero-order chi connectivity index (χ0) is 20.1. The Kier molecular flexibility index (Phi) is 6.39. The molecule has 1 aliphatic rings. The van der Waals surface area contributed by atoms with Gasteiger partial charge in [-0.05, 0) is 43.5 Å². The number of rotatable bonds is 7. The van der Waals surface area contributed by atoms with E-state index in [1.165, 1.54) is 0 Å². The lowest BCUT2D eigenvalue weighted by Gasteiger charge is -2.29. The lowest BCUT2D eigenvalue weighted by molar-refractivity contribution is 0.0680. The second kappa shape index (κ2) is 8.78. The smallest absolute Gasteiger partial charge is 0.254 e. The first-order valence-electron chi connectivity index (χ1n) is 9.68. The maximum Gasteiger partial charge on any atom is 0.254 e. The van der Waals surface area contributed by atoms with E-state index in [0.29, 0.717) is 30.9 Å². The molecule has 2 aromatic carbocycles. The average molecular weight is 402 g/mol. The Morgan fingerprint density at radius 1 is 1.18 bits per heavy atom. The summed E-state index contributed by atoms with van der Waals surface area (Å²) in [5.41, 5.74) is 2.65. The van der Waals surface area contributed by atoms with Gasteiger partial charge in [0.15, 0.2) is 9.84 Å². The molecule has 0 aromatic heterocycles. The summed E-state index contributed by atoms with van der Waals surface area (Å²) >= 11 is 0. The van der Waals surface area contributed by atoms with Gasteiger partial charge < -0.3 is 9.64 Å². The summed E-state index contributed by atoms with van der Waals surface area (Å²) in [4.78, 5) is 15.0. The number of nitrogens with zero attached hydrogens (tertiary/aromatic N) is 1. The molecule has 2 aromatic rings. The van der Waals surface area contributed by atoms with E-state index in [1.54, 1.807) is 23.1 Å². The molecule has 0 bridgehead atoms. The van der Waals surface area contributed by atoms with E-state index >= 15 is 0 Å². The largest absolute Gasteiger partial charge is 0.494 e. The van der Waals surface area contributed by atoms with Gasteiger partial charge in [-0.3, -0.25) is 4.79 Å². The number of benzene rings is 2. The SMILES string of the molecule is CCCOc1cccc(C(=O)N(Cc2ccc(C)cc2)C2CCS(=O)(=O)C2)c1. The van der Waals surface area contributed by atoms with Gasteiger partial charge in [0, 0.05) is 18.2 Å². The Morgan fingerprint density at radius 3 is 2.57 bits per heavy atom. The number of carbonyl (C=O) groups is 1. The normalized spacial score (nSPS) is 18.0. The minimum atomic E-state index is -3.09. The van der Waals surface area contributed by atoms with Gasteiger partial charge in [-0.15, -0.1) is 0 Å². The first-order valence-corrected chi connectivity index (χ1v) is 11.5. The third kappa shape index (κ3) is 5.13. The van der Waals surface area contributed by atoms with Gasteiger partial charge in [-0.1, -0.05) is 42.8 Å². The van der Waals surface area contributed by atoms with Gasteiger partial charge in [-0.25, -0.2) is 8.42 Å². The maximum atomic E-state index is 13.3. The van der Waals surface area contributed by atoms with Crippen LogP contribution >= 0.6 is 0 Å². The van der Waals surface area contributed by atoms with Crippen molar-refractivity contribution < 1.29 is 17.9 Å². The van der Waals surface area contributed by atoms with E-state index in [9.17, 15) is 13.2 Å². The highest BCUT2D eigenvalue weighted by atomic mass is 32.2. The number of hydrogen-bond donors (Lipinski definition) is 0. The number of aryl methyl sites for hydroxylation is 1. The molecule has 1 aliphatic heterocycles. The van der Waals surface area contributed by atoms with E-state index in [1.807, 2.05) is 44.2 Å². The molecule has 6 heteroatoms. The monoisotopic (exact) mass is 401 g/mol. The molecule has 1 amide bonds. The molecule has 0 saturated carbocycles. The van der Waals surface area contributed by atoms with Gasteiger partial charge in [-0.2, -0.15) is 0 Å². The van der Waals surface area contributed by atoms with Crippen LogP contribution in [0.1, 0.15) is 41.3 Å². The molecule has 0 spiro atoms. The summed E-state index contributed by atoms with van der Waals surface area (Å²) in [5, 5.41) is 0. The Labute approximate surface area is 167 Å². The van der Waals surface area contributed by atoms with Crippen LogP contribution in [0.25, 0.3) is 0 Å². The van der Waals surface area contributed by atoms with Crippen LogP contribution in [0.5, 0.6) is 5.75 Å². The minimum Gasteiger partial charge on any atom is -0.494 e. The Bertz CT molecular complexity index is 922. The van der Waals surface area contributed by atoms with Gasteiger partial charge in [0.1, 0.15) is 5.75 Å². The topological polar surface area (TPSA) is 63.7 Å². The molecule has 3 rings (SSSR count). The minimum absolute atomic E-state index is 0.0244. The van der Waals surface area contributed by atoms with Crippen LogP contribution < -0.4 is 4.74 Å². The second-order valence-electron chi connectivity index (χ2n) is 7.35. The summed E-state index contributed by atoms with van der Waals surface area (Å²) in [6.07, 6.45) is 1.36. The number of hydrogen-bond acceptors (Lipinski definition) is 4. The van der Waals surface area contributed by atoms with Crippen molar-refractivity contribution >= 4 is 15.7 Å². The molecule has 1 heterocycles. The van der Waals surface area contributed by atoms with Crippen LogP contribution in [0, 0.1) is 6.92 Å². The van der Waals surface area contributed by atoms with E-state index < -0.39 is 9.84 Å². The van der Waals surface area contributed by atoms with Gasteiger partial charge in [0.25, 0.3) is 5.91 Å². The van der Waals surface area contributed by atoms with Gasteiger partial charge in [0.2, 0.25) is 0 Å². The first-order chi connectivity index (χ1) is 13.4. The predicted molar refractivity (Wildman–Crippen MR) is 110 cm³/mol. The van der Waals surface area contributed by atoms with Gasteiger partial charge >= 0.3 is 0 Å². The summed E-state index contributed by atoms with van der Waals surface area (Å²) in [7, 11) is -3.09. The average Bonchev–Trinajstić information content (AvgIpc) is 3.05. The van der Waals surface area contributed by atoms with Crippen molar-refractivity contribution in [2.45, 2.75) is 39.3 Å². The maximum absolute atomic E-state index is 13.3. The highest BCUT2D eigenvalue weighted by Crippen LogP contribution is 2.24. The fourth-order valence-corrected chi connectivity index (χ4v) is 5.11. The molecular weight excluding hydrogens is 374 g/mol. The van der Waals surface area contributed by atoms with Crippen molar-refractivity contribution in [2.24, 2.45) is 0 Å². The van der Waals surface area contributed by atoms with E-state index in [0.717, 1.165) is 17.5 Å². The van der Waals surface area contributed by atoms with Crippen molar-refractivity contribution in [3.05, 3.63) is 65.2 Å². The van der Waals surface area contributed by atoms with Crippen molar-refractivity contribution in [1.29, 1.82) is 0 Å². The lowest BCUT2D eigenvalue weighted by atomic mass is 10.1. The molecule has 0 radical (unpaired) electrons. The zero-order valence-electron chi connectivity index (χ0n) is 16.4. The van der Waals surface area contributed by atoms with Crippen molar-refractivity contribution in [1.82, 2.24) is 4.90 Å². The van der Waals surface area contributed by atoms with Gasteiger partial charge in [0.05, 0.1) is 18.1 Å². The van der Waals surface area contributed by atoms with Crippen LogP contribution in [0.2, 0.25) is 0 Å². The van der Waals surface area contributed by atoms with Crippen LogP contribution in [0.15, 0.2) is 48.5 Å².